The van der Waals surface area contributed by atoms with Crippen molar-refractivity contribution in [2.75, 3.05) is 13.6 Å². The average Bonchev–Trinajstić information content (AvgIpc) is 3.29. The number of benzene rings is 1. The summed E-state index contributed by atoms with van der Waals surface area (Å²) in [5.41, 5.74) is 1.83. The number of nitrogens with zero attached hydrogens (tertiary/aromatic N) is 5. The van der Waals surface area contributed by atoms with E-state index in [1.54, 1.807) is 18.3 Å². The van der Waals surface area contributed by atoms with E-state index in [2.05, 4.69) is 22.0 Å². The smallest absolute Gasteiger partial charge is 0.327 e. The Morgan fingerprint density at radius 1 is 1.21 bits per heavy atom. The molecule has 0 bridgehead atoms. The molecule has 0 spiro atoms. The van der Waals surface area contributed by atoms with E-state index in [0.29, 0.717) is 23.0 Å². The molecule has 29 heavy (non-hydrogen) atoms. The number of amides is 3. The summed E-state index contributed by atoms with van der Waals surface area (Å²) in [7, 11) is 1.44. The molecule has 1 aliphatic heterocycles. The van der Waals surface area contributed by atoms with Crippen molar-refractivity contribution in [1.29, 1.82) is 0 Å². The van der Waals surface area contributed by atoms with Crippen LogP contribution in [0.15, 0.2) is 47.1 Å². The fraction of sp³-hybridized carbons (Fsp3) is 0.250. The third-order valence-corrected chi connectivity index (χ3v) is 4.57. The second-order valence-corrected chi connectivity index (χ2v) is 6.59. The first kappa shape index (κ1) is 18.6. The van der Waals surface area contributed by atoms with Crippen LogP contribution in [0.5, 0.6) is 11.6 Å². The summed E-state index contributed by atoms with van der Waals surface area (Å²) in [6, 6.07) is 10.9. The molecule has 1 fully saturated rings. The highest BCUT2D eigenvalue weighted by Gasteiger charge is 2.34. The Bertz CT molecular complexity index is 1060. The number of hydrogen-bond acceptors (Lipinski definition) is 7. The minimum absolute atomic E-state index is 0.00286. The van der Waals surface area contributed by atoms with Crippen molar-refractivity contribution in [3.05, 3.63) is 54.0 Å². The van der Waals surface area contributed by atoms with Crippen molar-refractivity contribution in [3.63, 3.8) is 0 Å². The second-order valence-electron chi connectivity index (χ2n) is 6.59. The fourth-order valence-corrected chi connectivity index (χ4v) is 2.93. The number of pyridine rings is 1. The van der Waals surface area contributed by atoms with Gasteiger partial charge in [0.05, 0.1) is 0 Å². The summed E-state index contributed by atoms with van der Waals surface area (Å²) in [4.78, 5) is 34.6. The first-order chi connectivity index (χ1) is 14.0. The third-order valence-electron chi connectivity index (χ3n) is 4.57. The lowest BCUT2D eigenvalue weighted by Gasteiger charge is -2.11. The molecule has 2 aromatic heterocycles. The highest BCUT2D eigenvalue weighted by Crippen LogP contribution is 2.25. The summed E-state index contributed by atoms with van der Waals surface area (Å²) in [6.07, 6.45) is 2.51. The Kier molecular flexibility index (Phi) is 4.94. The molecule has 4 rings (SSSR count). The fourth-order valence-electron chi connectivity index (χ4n) is 2.93. The SMILES string of the molecule is CCc1cccc(Oc2cc(-c3noc(CN4CC(=O)N(C)C4=O)n3)ccn2)c1. The summed E-state index contributed by atoms with van der Waals surface area (Å²) in [5.74, 6) is 1.43. The van der Waals surface area contributed by atoms with Gasteiger partial charge in [-0.25, -0.2) is 9.78 Å². The number of carbonyl (C=O) groups is 2. The maximum absolute atomic E-state index is 12.0. The number of imide groups is 1. The van der Waals surface area contributed by atoms with Crippen molar-refractivity contribution in [1.82, 2.24) is 24.9 Å². The normalized spacial score (nSPS) is 14.0. The van der Waals surface area contributed by atoms with Crippen LogP contribution in [-0.4, -0.2) is 50.5 Å². The van der Waals surface area contributed by atoms with Crippen LogP contribution in [-0.2, 0) is 17.8 Å². The number of carbonyl (C=O) groups excluding carboxylic acids is 2. The molecular formula is C20H19N5O4. The molecule has 0 N–H and O–H groups in total. The largest absolute Gasteiger partial charge is 0.439 e. The Morgan fingerprint density at radius 2 is 2.07 bits per heavy atom. The monoisotopic (exact) mass is 393 g/mol. The summed E-state index contributed by atoms with van der Waals surface area (Å²) in [5, 5.41) is 3.96. The zero-order chi connectivity index (χ0) is 20.4. The van der Waals surface area contributed by atoms with Gasteiger partial charge in [0.25, 0.3) is 0 Å². The van der Waals surface area contributed by atoms with E-state index >= 15 is 0 Å². The molecule has 9 heteroatoms. The Morgan fingerprint density at radius 3 is 2.83 bits per heavy atom. The van der Waals surface area contributed by atoms with Gasteiger partial charge in [0.1, 0.15) is 18.8 Å². The lowest BCUT2D eigenvalue weighted by Crippen LogP contribution is -2.29. The number of aryl methyl sites for hydroxylation is 1. The van der Waals surface area contributed by atoms with Crippen LogP contribution in [0.1, 0.15) is 18.4 Å². The van der Waals surface area contributed by atoms with Gasteiger partial charge in [0, 0.05) is 24.9 Å². The van der Waals surface area contributed by atoms with Gasteiger partial charge in [0.15, 0.2) is 0 Å². The van der Waals surface area contributed by atoms with Crippen LogP contribution >= 0.6 is 0 Å². The van der Waals surface area contributed by atoms with Gasteiger partial charge < -0.3 is 14.2 Å². The third kappa shape index (κ3) is 3.93. The Balaban J connectivity index is 1.49. The second kappa shape index (κ2) is 7.70. The maximum atomic E-state index is 12.0. The minimum atomic E-state index is -0.386. The Hall–Kier alpha value is -3.75. The molecule has 0 unspecified atom stereocenters. The Labute approximate surface area is 166 Å². The van der Waals surface area contributed by atoms with Crippen LogP contribution in [0.4, 0.5) is 4.79 Å². The predicted octanol–water partition coefficient (Wildman–Crippen LogP) is 2.88. The molecule has 0 atom stereocenters. The van der Waals surface area contributed by atoms with Crippen molar-refractivity contribution < 1.29 is 18.8 Å². The van der Waals surface area contributed by atoms with Crippen molar-refractivity contribution >= 4 is 11.9 Å². The number of urea groups is 1. The zero-order valence-electron chi connectivity index (χ0n) is 16.0. The molecule has 148 valence electrons. The molecule has 1 saturated heterocycles. The number of hydrogen-bond donors (Lipinski definition) is 0. The number of aromatic nitrogens is 3. The van der Waals surface area contributed by atoms with E-state index in [1.165, 1.54) is 17.5 Å². The van der Waals surface area contributed by atoms with Gasteiger partial charge in [-0.2, -0.15) is 4.98 Å². The molecule has 0 aliphatic carbocycles. The van der Waals surface area contributed by atoms with Crippen molar-refractivity contribution in [2.45, 2.75) is 19.9 Å². The van der Waals surface area contributed by atoms with Crippen molar-refractivity contribution in [2.24, 2.45) is 0 Å². The first-order valence-electron chi connectivity index (χ1n) is 9.14. The van der Waals surface area contributed by atoms with E-state index in [9.17, 15) is 9.59 Å². The molecule has 0 radical (unpaired) electrons. The van der Waals surface area contributed by atoms with Gasteiger partial charge >= 0.3 is 6.03 Å². The van der Waals surface area contributed by atoms with E-state index in [0.717, 1.165) is 11.3 Å². The number of likely N-dealkylation sites (N-methyl/N-ethyl adjacent to an activating group) is 1. The van der Waals surface area contributed by atoms with Gasteiger partial charge in [-0.1, -0.05) is 24.2 Å². The molecule has 3 heterocycles. The molecule has 3 amide bonds. The molecule has 0 saturated carbocycles. The lowest BCUT2D eigenvalue weighted by atomic mass is 10.2. The molecule has 9 nitrogen and oxygen atoms in total. The average molecular weight is 393 g/mol. The zero-order valence-corrected chi connectivity index (χ0v) is 16.0. The molecular weight excluding hydrogens is 374 g/mol. The van der Waals surface area contributed by atoms with Crippen LogP contribution in [0.3, 0.4) is 0 Å². The minimum Gasteiger partial charge on any atom is -0.439 e. The van der Waals surface area contributed by atoms with E-state index in [4.69, 9.17) is 9.26 Å². The van der Waals surface area contributed by atoms with Crippen molar-refractivity contribution in [3.8, 4) is 23.0 Å². The highest BCUT2D eigenvalue weighted by atomic mass is 16.5. The van der Waals surface area contributed by atoms with Crippen LogP contribution in [0.25, 0.3) is 11.4 Å². The van der Waals surface area contributed by atoms with Gasteiger partial charge in [-0.05, 0) is 30.2 Å². The maximum Gasteiger partial charge on any atom is 0.327 e. The highest BCUT2D eigenvalue weighted by molar-refractivity contribution is 6.01. The summed E-state index contributed by atoms with van der Waals surface area (Å²) in [6.45, 7) is 2.15. The van der Waals surface area contributed by atoms with Crippen LogP contribution in [0, 0.1) is 0 Å². The van der Waals surface area contributed by atoms with Gasteiger partial charge in [-0.3, -0.25) is 9.69 Å². The van der Waals surface area contributed by atoms with Crippen LogP contribution in [0.2, 0.25) is 0 Å². The van der Waals surface area contributed by atoms with Crippen LogP contribution < -0.4 is 4.74 Å². The standard InChI is InChI=1S/C20H19N5O4/c1-3-13-5-4-6-15(9-13)28-16-10-14(7-8-21-16)19-22-17(29-23-19)11-25-12-18(26)24(2)20(25)27/h4-10H,3,11-12H2,1-2H3. The molecule has 1 aromatic carbocycles. The molecule has 3 aromatic rings. The van der Waals surface area contributed by atoms with E-state index in [-0.39, 0.29) is 30.9 Å². The quantitative estimate of drug-likeness (QED) is 0.593. The van der Waals surface area contributed by atoms with E-state index < -0.39 is 0 Å². The topological polar surface area (TPSA) is 102 Å². The molecule has 1 aliphatic rings. The predicted molar refractivity (Wildman–Crippen MR) is 102 cm³/mol. The summed E-state index contributed by atoms with van der Waals surface area (Å²) < 4.78 is 11.1. The van der Waals surface area contributed by atoms with E-state index in [1.807, 2.05) is 24.3 Å². The summed E-state index contributed by atoms with van der Waals surface area (Å²) >= 11 is 0. The van der Waals surface area contributed by atoms with Gasteiger partial charge in [-0.15, -0.1) is 0 Å². The number of rotatable bonds is 6. The lowest BCUT2D eigenvalue weighted by molar-refractivity contribution is -0.124. The first-order valence-corrected chi connectivity index (χ1v) is 9.14. The van der Waals surface area contributed by atoms with Gasteiger partial charge in [0.2, 0.25) is 23.5 Å². The number of ether oxygens (including phenoxy) is 1.